The molecule has 3 N–H and O–H groups in total. The highest BCUT2D eigenvalue weighted by molar-refractivity contribution is 5.79. The van der Waals surface area contributed by atoms with Crippen molar-refractivity contribution in [2.24, 2.45) is 5.92 Å². The summed E-state index contributed by atoms with van der Waals surface area (Å²) in [6.45, 7) is 7.34. The topological polar surface area (TPSA) is 87.7 Å². The van der Waals surface area contributed by atoms with Crippen LogP contribution in [0, 0.1) is 5.92 Å². The molecule has 0 saturated carbocycles. The number of carbonyl (C=O) groups excluding carboxylic acids is 1. The van der Waals surface area contributed by atoms with Crippen molar-refractivity contribution in [1.29, 1.82) is 0 Å². The Morgan fingerprint density at radius 1 is 1.33 bits per heavy atom. The Bertz CT molecular complexity index is 346. The third kappa shape index (κ3) is 7.90. The monoisotopic (exact) mass is 300 g/mol. The van der Waals surface area contributed by atoms with Crippen molar-refractivity contribution in [3.63, 3.8) is 0 Å². The summed E-state index contributed by atoms with van der Waals surface area (Å²) in [6.07, 6.45) is 3.89. The molecule has 0 aliphatic carbocycles. The van der Waals surface area contributed by atoms with Crippen LogP contribution in [0.3, 0.4) is 0 Å². The summed E-state index contributed by atoms with van der Waals surface area (Å²) < 4.78 is 5.09. The van der Waals surface area contributed by atoms with Gasteiger partial charge in [0.25, 0.3) is 0 Å². The van der Waals surface area contributed by atoms with Crippen LogP contribution >= 0.6 is 0 Å². The Hall–Kier alpha value is -1.30. The van der Waals surface area contributed by atoms with Crippen molar-refractivity contribution < 1.29 is 19.4 Å². The van der Waals surface area contributed by atoms with Gasteiger partial charge in [0.1, 0.15) is 11.6 Å². The molecule has 0 aromatic rings. The van der Waals surface area contributed by atoms with Gasteiger partial charge >= 0.3 is 12.1 Å². The van der Waals surface area contributed by atoms with Gasteiger partial charge in [0.15, 0.2) is 0 Å². The molecule has 1 amide bonds. The van der Waals surface area contributed by atoms with Gasteiger partial charge in [0.05, 0.1) is 0 Å². The predicted octanol–water partition coefficient (Wildman–Crippen LogP) is 2.13. The van der Waals surface area contributed by atoms with E-state index in [1.54, 1.807) is 20.8 Å². The first-order valence-electron chi connectivity index (χ1n) is 7.71. The molecule has 1 saturated heterocycles. The number of aliphatic carboxylic acids is 1. The fourth-order valence-electron chi connectivity index (χ4n) is 2.49. The van der Waals surface area contributed by atoms with Crippen molar-refractivity contribution in [2.45, 2.75) is 64.5 Å². The van der Waals surface area contributed by atoms with E-state index in [1.165, 1.54) is 0 Å². The predicted molar refractivity (Wildman–Crippen MR) is 80.2 cm³/mol. The second-order valence-electron chi connectivity index (χ2n) is 6.66. The van der Waals surface area contributed by atoms with E-state index in [-0.39, 0.29) is 0 Å². The lowest BCUT2D eigenvalue weighted by Gasteiger charge is -2.24. The Balaban J connectivity index is 2.32. The maximum absolute atomic E-state index is 11.6. The average molecular weight is 300 g/mol. The highest BCUT2D eigenvalue weighted by atomic mass is 16.6. The molecule has 21 heavy (non-hydrogen) atoms. The van der Waals surface area contributed by atoms with E-state index in [4.69, 9.17) is 4.74 Å². The van der Waals surface area contributed by atoms with Crippen LogP contribution in [0.2, 0.25) is 0 Å². The van der Waals surface area contributed by atoms with Gasteiger partial charge in [-0.3, -0.25) is 0 Å². The molecule has 6 nitrogen and oxygen atoms in total. The highest BCUT2D eigenvalue weighted by Crippen LogP contribution is 2.19. The molecular weight excluding hydrogens is 272 g/mol. The molecule has 1 fully saturated rings. The molecule has 0 aromatic heterocycles. The van der Waals surface area contributed by atoms with Gasteiger partial charge in [-0.1, -0.05) is 12.8 Å². The van der Waals surface area contributed by atoms with Gasteiger partial charge in [-0.25, -0.2) is 9.59 Å². The lowest BCUT2D eigenvalue weighted by atomic mass is 9.91. The van der Waals surface area contributed by atoms with E-state index in [0.29, 0.717) is 12.3 Å². The number of piperidine rings is 1. The molecule has 1 atom stereocenters. The van der Waals surface area contributed by atoms with Gasteiger partial charge in [0.2, 0.25) is 0 Å². The summed E-state index contributed by atoms with van der Waals surface area (Å²) in [5, 5.41) is 14.9. The lowest BCUT2D eigenvalue weighted by Crippen LogP contribution is -2.43. The van der Waals surface area contributed by atoms with Crippen LogP contribution in [0.25, 0.3) is 0 Å². The first-order valence-corrected chi connectivity index (χ1v) is 7.71. The average Bonchev–Trinajstić information content (AvgIpc) is 2.36. The number of carbonyl (C=O) groups is 2. The van der Waals surface area contributed by atoms with Crippen LogP contribution in [0.15, 0.2) is 0 Å². The van der Waals surface area contributed by atoms with E-state index in [1.807, 2.05) is 0 Å². The lowest BCUT2D eigenvalue weighted by molar-refractivity contribution is -0.139. The second-order valence-corrected chi connectivity index (χ2v) is 6.66. The van der Waals surface area contributed by atoms with Gasteiger partial charge in [-0.2, -0.15) is 0 Å². The summed E-state index contributed by atoms with van der Waals surface area (Å²) in [4.78, 5) is 22.8. The molecule has 122 valence electrons. The fourth-order valence-corrected chi connectivity index (χ4v) is 2.49. The smallest absolute Gasteiger partial charge is 0.408 e. The molecule has 0 spiro atoms. The zero-order valence-corrected chi connectivity index (χ0v) is 13.3. The number of ether oxygens (including phenoxy) is 1. The van der Waals surface area contributed by atoms with Crippen LogP contribution in [-0.2, 0) is 9.53 Å². The molecule has 0 unspecified atom stereocenters. The Morgan fingerprint density at radius 2 is 1.95 bits per heavy atom. The van der Waals surface area contributed by atoms with Crippen LogP contribution < -0.4 is 10.6 Å². The minimum absolute atomic E-state index is 0.443. The number of nitrogens with one attached hydrogen (secondary N) is 2. The van der Waals surface area contributed by atoms with Crippen LogP contribution in [0.5, 0.6) is 0 Å². The first-order chi connectivity index (χ1) is 9.78. The van der Waals surface area contributed by atoms with E-state index in [2.05, 4.69) is 10.6 Å². The molecule has 0 radical (unpaired) electrons. The number of amides is 1. The van der Waals surface area contributed by atoms with Gasteiger partial charge in [0, 0.05) is 0 Å². The van der Waals surface area contributed by atoms with Gasteiger partial charge < -0.3 is 20.5 Å². The normalized spacial score (nSPS) is 18.0. The van der Waals surface area contributed by atoms with E-state index >= 15 is 0 Å². The third-order valence-corrected chi connectivity index (χ3v) is 3.55. The molecule has 1 heterocycles. The largest absolute Gasteiger partial charge is 0.480 e. The van der Waals surface area contributed by atoms with Crippen molar-refractivity contribution in [2.75, 3.05) is 13.1 Å². The SMILES string of the molecule is CC(C)(C)OC(=O)N[C@@H](CCCC1CCNCC1)C(=O)O. The summed E-state index contributed by atoms with van der Waals surface area (Å²) in [5.41, 5.74) is -0.623. The summed E-state index contributed by atoms with van der Waals surface area (Å²) in [6, 6.07) is -0.874. The summed E-state index contributed by atoms with van der Waals surface area (Å²) >= 11 is 0. The molecule has 0 bridgehead atoms. The quantitative estimate of drug-likeness (QED) is 0.699. The minimum atomic E-state index is -1.01. The van der Waals surface area contributed by atoms with E-state index in [0.717, 1.165) is 38.8 Å². The number of alkyl carbamates (subject to hydrolysis) is 1. The van der Waals surface area contributed by atoms with Crippen molar-refractivity contribution in [1.82, 2.24) is 10.6 Å². The van der Waals surface area contributed by atoms with Crippen molar-refractivity contribution in [3.05, 3.63) is 0 Å². The maximum Gasteiger partial charge on any atom is 0.408 e. The Kier molecular flexibility index (Phi) is 6.95. The summed E-state index contributed by atoms with van der Waals surface area (Å²) in [7, 11) is 0. The van der Waals surface area contributed by atoms with Crippen LogP contribution in [0.4, 0.5) is 4.79 Å². The number of rotatable bonds is 6. The standard InChI is InChI=1S/C15H28N2O4/c1-15(2,3)21-14(20)17-12(13(18)19)6-4-5-11-7-9-16-10-8-11/h11-12,16H,4-10H2,1-3H3,(H,17,20)(H,18,19)/t12-/m0/s1. The Morgan fingerprint density at radius 3 is 2.48 bits per heavy atom. The molecule has 1 aliphatic rings. The maximum atomic E-state index is 11.6. The fraction of sp³-hybridized carbons (Fsp3) is 0.867. The molecule has 1 rings (SSSR count). The Labute approximate surface area is 126 Å². The third-order valence-electron chi connectivity index (χ3n) is 3.55. The molecule has 0 aromatic carbocycles. The number of hydrogen-bond acceptors (Lipinski definition) is 4. The zero-order valence-electron chi connectivity index (χ0n) is 13.3. The zero-order chi connectivity index (χ0) is 15.9. The minimum Gasteiger partial charge on any atom is -0.480 e. The number of carboxylic acid groups (broad SMARTS) is 1. The van der Waals surface area contributed by atoms with Crippen LogP contribution in [-0.4, -0.2) is 41.9 Å². The number of hydrogen-bond donors (Lipinski definition) is 3. The van der Waals surface area contributed by atoms with E-state index < -0.39 is 23.7 Å². The second kappa shape index (κ2) is 8.22. The molecule has 1 aliphatic heterocycles. The summed E-state index contributed by atoms with van der Waals surface area (Å²) in [5.74, 6) is -0.339. The molecule has 6 heteroatoms. The van der Waals surface area contributed by atoms with Crippen molar-refractivity contribution >= 4 is 12.1 Å². The van der Waals surface area contributed by atoms with Gasteiger partial charge in [-0.15, -0.1) is 0 Å². The first kappa shape index (κ1) is 17.8. The van der Waals surface area contributed by atoms with E-state index in [9.17, 15) is 14.7 Å². The molecular formula is C15H28N2O4. The van der Waals surface area contributed by atoms with Crippen molar-refractivity contribution in [3.8, 4) is 0 Å². The highest BCUT2D eigenvalue weighted by Gasteiger charge is 2.24. The number of carboxylic acids is 1. The van der Waals surface area contributed by atoms with Gasteiger partial charge in [-0.05, 0) is 59.0 Å². The van der Waals surface area contributed by atoms with Crippen LogP contribution in [0.1, 0.15) is 52.9 Å².